The summed E-state index contributed by atoms with van der Waals surface area (Å²) in [5.41, 5.74) is 2.45. The van der Waals surface area contributed by atoms with Crippen LogP contribution in [0.25, 0.3) is 43.5 Å². The molecule has 0 unspecified atom stereocenters. The van der Waals surface area contributed by atoms with Crippen molar-refractivity contribution in [2.45, 2.75) is 0 Å². The Morgan fingerprint density at radius 2 is 1.81 bits per heavy atom. The molecule has 0 radical (unpaired) electrons. The Morgan fingerprint density at radius 1 is 1.00 bits per heavy atom. The van der Waals surface area contributed by atoms with E-state index in [-0.39, 0.29) is 23.1 Å². The van der Waals surface area contributed by atoms with E-state index in [9.17, 15) is 9.18 Å². The molecule has 7 heteroatoms. The van der Waals surface area contributed by atoms with E-state index in [2.05, 4.69) is 15.0 Å². The zero-order chi connectivity index (χ0) is 17.7. The molecule has 126 valence electrons. The standard InChI is InChI=1S/C19H10FN3O2S/c20-11-7-5-10(6-8-11)15-9-13-16(26-15)18(24)23-17(21-13)19-22-12-3-1-2-4-14(12)25-19/h1-9H,(H,21,23,24). The van der Waals surface area contributed by atoms with Crippen LogP contribution >= 0.6 is 11.3 Å². The van der Waals surface area contributed by atoms with Gasteiger partial charge in [0, 0.05) is 4.88 Å². The van der Waals surface area contributed by atoms with E-state index in [4.69, 9.17) is 4.42 Å². The molecule has 3 heterocycles. The number of oxazole rings is 1. The second kappa shape index (κ2) is 5.60. The van der Waals surface area contributed by atoms with Gasteiger partial charge >= 0.3 is 0 Å². The first-order chi connectivity index (χ1) is 12.7. The van der Waals surface area contributed by atoms with Crippen LogP contribution in [0.2, 0.25) is 0 Å². The highest BCUT2D eigenvalue weighted by Gasteiger charge is 2.15. The minimum atomic E-state index is -0.302. The molecule has 0 amide bonds. The largest absolute Gasteiger partial charge is 0.434 e. The zero-order valence-corrected chi connectivity index (χ0v) is 14.0. The number of nitrogens with one attached hydrogen (secondary N) is 1. The topological polar surface area (TPSA) is 71.8 Å². The number of nitrogens with zero attached hydrogens (tertiary/aromatic N) is 2. The summed E-state index contributed by atoms with van der Waals surface area (Å²) in [6.45, 7) is 0. The number of thiophene rings is 1. The SMILES string of the molecule is O=c1[nH]c(-c2nc3ccccc3o2)nc2cc(-c3ccc(F)cc3)sc12. The van der Waals surface area contributed by atoms with Gasteiger partial charge in [0.25, 0.3) is 11.4 Å². The first-order valence-electron chi connectivity index (χ1n) is 7.83. The number of hydrogen-bond acceptors (Lipinski definition) is 5. The molecule has 0 saturated carbocycles. The van der Waals surface area contributed by atoms with Gasteiger partial charge in [-0.15, -0.1) is 11.3 Å². The molecule has 2 aromatic carbocycles. The van der Waals surface area contributed by atoms with Crippen LogP contribution < -0.4 is 5.56 Å². The first kappa shape index (κ1) is 15.0. The van der Waals surface area contributed by atoms with Crippen molar-refractivity contribution in [3.05, 3.63) is 70.8 Å². The molecule has 5 nitrogen and oxygen atoms in total. The molecule has 0 aliphatic rings. The van der Waals surface area contributed by atoms with Gasteiger partial charge in [-0.1, -0.05) is 24.3 Å². The molecule has 0 fully saturated rings. The third-order valence-corrected chi connectivity index (χ3v) is 5.18. The fraction of sp³-hybridized carbons (Fsp3) is 0. The fourth-order valence-electron chi connectivity index (χ4n) is 2.77. The maximum absolute atomic E-state index is 13.1. The minimum absolute atomic E-state index is 0.259. The summed E-state index contributed by atoms with van der Waals surface area (Å²) in [4.78, 5) is 24.9. The lowest BCUT2D eigenvalue weighted by atomic mass is 10.2. The molecule has 0 spiro atoms. The van der Waals surface area contributed by atoms with Gasteiger partial charge in [-0.05, 0) is 35.9 Å². The summed E-state index contributed by atoms with van der Waals surface area (Å²) >= 11 is 1.31. The highest BCUT2D eigenvalue weighted by atomic mass is 32.1. The number of rotatable bonds is 2. The second-order valence-corrected chi connectivity index (χ2v) is 6.79. The lowest BCUT2D eigenvalue weighted by Crippen LogP contribution is -2.07. The number of benzene rings is 2. The van der Waals surface area contributed by atoms with Crippen LogP contribution in [0.5, 0.6) is 0 Å². The summed E-state index contributed by atoms with van der Waals surface area (Å²) in [6.07, 6.45) is 0. The predicted octanol–water partition coefficient (Wildman–Crippen LogP) is 4.60. The Hall–Kier alpha value is -3.32. The van der Waals surface area contributed by atoms with Crippen molar-refractivity contribution in [2.24, 2.45) is 0 Å². The van der Waals surface area contributed by atoms with Crippen LogP contribution in [0.1, 0.15) is 0 Å². The Bertz CT molecular complexity index is 1290. The van der Waals surface area contributed by atoms with Gasteiger partial charge in [-0.3, -0.25) is 4.79 Å². The van der Waals surface area contributed by atoms with E-state index in [0.29, 0.717) is 21.3 Å². The van der Waals surface area contributed by atoms with Crippen molar-refractivity contribution in [3.63, 3.8) is 0 Å². The van der Waals surface area contributed by atoms with Crippen LogP contribution in [-0.4, -0.2) is 15.0 Å². The third-order valence-electron chi connectivity index (χ3n) is 4.01. The molecule has 0 aliphatic heterocycles. The number of aromatic nitrogens is 3. The number of H-pyrrole nitrogens is 1. The lowest BCUT2D eigenvalue weighted by Gasteiger charge is -1.95. The van der Waals surface area contributed by atoms with Crippen molar-refractivity contribution in [1.29, 1.82) is 0 Å². The molecule has 5 rings (SSSR count). The van der Waals surface area contributed by atoms with E-state index < -0.39 is 0 Å². The van der Waals surface area contributed by atoms with E-state index >= 15 is 0 Å². The zero-order valence-electron chi connectivity index (χ0n) is 13.2. The van der Waals surface area contributed by atoms with Crippen LogP contribution in [-0.2, 0) is 0 Å². The average molecular weight is 363 g/mol. The maximum Gasteiger partial charge on any atom is 0.269 e. The Labute approximate surface area is 149 Å². The quantitative estimate of drug-likeness (QED) is 0.498. The van der Waals surface area contributed by atoms with Crippen molar-refractivity contribution in [1.82, 2.24) is 15.0 Å². The molecule has 0 atom stereocenters. The summed E-state index contributed by atoms with van der Waals surface area (Å²) in [5, 5.41) is 0. The molecule has 0 bridgehead atoms. The molecule has 26 heavy (non-hydrogen) atoms. The van der Waals surface area contributed by atoms with Gasteiger partial charge in [-0.2, -0.15) is 0 Å². The molecule has 0 aliphatic carbocycles. The van der Waals surface area contributed by atoms with E-state index in [1.54, 1.807) is 18.2 Å². The highest BCUT2D eigenvalue weighted by molar-refractivity contribution is 7.22. The Kier molecular flexibility index (Phi) is 3.23. The Morgan fingerprint density at radius 3 is 2.62 bits per heavy atom. The molecule has 1 N–H and O–H groups in total. The van der Waals surface area contributed by atoms with Gasteiger partial charge in [-0.25, -0.2) is 14.4 Å². The van der Waals surface area contributed by atoms with E-state index in [0.717, 1.165) is 10.4 Å². The molecular formula is C19H10FN3O2S. The van der Waals surface area contributed by atoms with Crippen LogP contribution in [0.3, 0.4) is 0 Å². The van der Waals surface area contributed by atoms with Crippen molar-refractivity contribution >= 4 is 32.7 Å². The van der Waals surface area contributed by atoms with Crippen LogP contribution in [0.4, 0.5) is 4.39 Å². The summed E-state index contributed by atoms with van der Waals surface area (Å²) in [6, 6.07) is 15.3. The summed E-state index contributed by atoms with van der Waals surface area (Å²) in [5.74, 6) is 0.242. The smallest absolute Gasteiger partial charge is 0.269 e. The van der Waals surface area contributed by atoms with Gasteiger partial charge in [0.1, 0.15) is 16.0 Å². The van der Waals surface area contributed by atoms with Gasteiger partial charge in [0.15, 0.2) is 11.4 Å². The molecule has 5 aromatic rings. The molecular weight excluding hydrogens is 353 g/mol. The van der Waals surface area contributed by atoms with Gasteiger partial charge < -0.3 is 9.40 Å². The van der Waals surface area contributed by atoms with Crippen molar-refractivity contribution in [2.75, 3.05) is 0 Å². The number of halogens is 1. The van der Waals surface area contributed by atoms with Gasteiger partial charge in [0.05, 0.1) is 5.52 Å². The first-order valence-corrected chi connectivity index (χ1v) is 8.65. The number of hydrogen-bond donors (Lipinski definition) is 1. The van der Waals surface area contributed by atoms with E-state index in [1.807, 2.05) is 24.3 Å². The number of fused-ring (bicyclic) bond motifs is 2. The van der Waals surface area contributed by atoms with Crippen molar-refractivity contribution in [3.8, 4) is 22.2 Å². The predicted molar refractivity (Wildman–Crippen MR) is 98.6 cm³/mol. The number of para-hydroxylation sites is 2. The minimum Gasteiger partial charge on any atom is -0.434 e. The monoisotopic (exact) mass is 363 g/mol. The normalized spacial score (nSPS) is 11.4. The maximum atomic E-state index is 13.1. The van der Waals surface area contributed by atoms with Crippen LogP contribution in [0, 0.1) is 5.82 Å². The van der Waals surface area contributed by atoms with E-state index in [1.165, 1.54) is 23.5 Å². The van der Waals surface area contributed by atoms with Gasteiger partial charge in [0.2, 0.25) is 0 Å². The number of aromatic amines is 1. The molecule has 0 saturated heterocycles. The fourth-order valence-corrected chi connectivity index (χ4v) is 3.77. The third kappa shape index (κ3) is 2.41. The lowest BCUT2D eigenvalue weighted by molar-refractivity contribution is 0.613. The summed E-state index contributed by atoms with van der Waals surface area (Å²) < 4.78 is 19.3. The van der Waals surface area contributed by atoms with Crippen LogP contribution in [0.15, 0.2) is 63.8 Å². The average Bonchev–Trinajstić information content (AvgIpc) is 3.26. The summed E-state index contributed by atoms with van der Waals surface area (Å²) in [7, 11) is 0. The highest BCUT2D eigenvalue weighted by Crippen LogP contribution is 2.32. The molecule has 3 aromatic heterocycles. The second-order valence-electron chi connectivity index (χ2n) is 5.73. The van der Waals surface area contributed by atoms with Crippen molar-refractivity contribution < 1.29 is 8.81 Å². The Balaban J connectivity index is 1.66.